The molecule has 0 aliphatic carbocycles. The van der Waals surface area contributed by atoms with Crippen LogP contribution in [0.5, 0.6) is 0 Å². The standard InChI is InChI=1S/C21H27ClN6S.HI/c1-3-18(19-9-6-12-29-19)26-21(24-14-16-7-5-8-17(22)13-16)23-10-11-28-15-25-27-20(28)4-2;/h5-9,12-13,15,18H,3-4,10-11,14H2,1-2H3,(H2,23,24,26);1H. The normalized spacial score (nSPS) is 12.3. The summed E-state index contributed by atoms with van der Waals surface area (Å²) in [6.07, 6.45) is 3.62. The molecule has 2 heterocycles. The van der Waals surface area contributed by atoms with Crippen molar-refractivity contribution in [2.75, 3.05) is 6.54 Å². The fraction of sp³-hybridized carbons (Fsp3) is 0.381. The first kappa shape index (κ1) is 24.6. The Hall–Kier alpha value is -1.65. The Morgan fingerprint density at radius 2 is 2.13 bits per heavy atom. The Kier molecular flexibility index (Phi) is 10.6. The molecule has 0 aliphatic rings. The highest BCUT2D eigenvalue weighted by molar-refractivity contribution is 14.0. The van der Waals surface area contributed by atoms with Crippen molar-refractivity contribution in [3.05, 3.63) is 69.4 Å². The molecule has 162 valence electrons. The van der Waals surface area contributed by atoms with Crippen LogP contribution in [0, 0.1) is 0 Å². The molecule has 3 rings (SSSR count). The quantitative estimate of drug-likeness (QED) is 0.219. The van der Waals surface area contributed by atoms with Gasteiger partial charge in [0.15, 0.2) is 5.96 Å². The van der Waals surface area contributed by atoms with Gasteiger partial charge in [0.05, 0.1) is 12.6 Å². The van der Waals surface area contributed by atoms with E-state index in [9.17, 15) is 0 Å². The second kappa shape index (κ2) is 12.9. The van der Waals surface area contributed by atoms with Gasteiger partial charge in [-0.1, -0.05) is 43.6 Å². The van der Waals surface area contributed by atoms with E-state index in [1.165, 1.54) is 4.88 Å². The molecule has 0 aliphatic heterocycles. The van der Waals surface area contributed by atoms with Crippen molar-refractivity contribution in [3.8, 4) is 0 Å². The number of aliphatic imine (C=N–C) groups is 1. The molecule has 0 spiro atoms. The van der Waals surface area contributed by atoms with Crippen LogP contribution in [0.2, 0.25) is 5.02 Å². The summed E-state index contributed by atoms with van der Waals surface area (Å²) in [7, 11) is 0. The lowest BCUT2D eigenvalue weighted by molar-refractivity contribution is 0.595. The van der Waals surface area contributed by atoms with Crippen LogP contribution in [0.15, 0.2) is 53.1 Å². The van der Waals surface area contributed by atoms with E-state index in [0.29, 0.717) is 6.54 Å². The lowest BCUT2D eigenvalue weighted by Crippen LogP contribution is -2.40. The van der Waals surface area contributed by atoms with E-state index in [0.717, 1.165) is 48.3 Å². The van der Waals surface area contributed by atoms with E-state index >= 15 is 0 Å². The van der Waals surface area contributed by atoms with E-state index in [4.69, 9.17) is 16.6 Å². The highest BCUT2D eigenvalue weighted by Gasteiger charge is 2.12. The van der Waals surface area contributed by atoms with Crippen LogP contribution in [-0.2, 0) is 19.5 Å². The van der Waals surface area contributed by atoms with Crippen LogP contribution in [0.4, 0.5) is 0 Å². The number of nitrogens with one attached hydrogen (secondary N) is 2. The van der Waals surface area contributed by atoms with E-state index in [-0.39, 0.29) is 30.0 Å². The molecule has 1 unspecified atom stereocenters. The highest BCUT2D eigenvalue weighted by Crippen LogP contribution is 2.21. The fourth-order valence-corrected chi connectivity index (χ4v) is 4.10. The van der Waals surface area contributed by atoms with Gasteiger partial charge in [0, 0.05) is 29.4 Å². The van der Waals surface area contributed by atoms with Gasteiger partial charge >= 0.3 is 0 Å². The molecule has 0 saturated carbocycles. The van der Waals surface area contributed by atoms with Crippen molar-refractivity contribution in [2.24, 2.45) is 4.99 Å². The summed E-state index contributed by atoms with van der Waals surface area (Å²) in [4.78, 5) is 6.10. The maximum Gasteiger partial charge on any atom is 0.192 e. The number of aromatic nitrogens is 3. The molecule has 6 nitrogen and oxygen atoms in total. The molecule has 1 atom stereocenters. The summed E-state index contributed by atoms with van der Waals surface area (Å²) >= 11 is 7.87. The minimum Gasteiger partial charge on any atom is -0.355 e. The summed E-state index contributed by atoms with van der Waals surface area (Å²) in [6, 6.07) is 12.3. The number of benzene rings is 1. The largest absolute Gasteiger partial charge is 0.355 e. The molecule has 0 bridgehead atoms. The Balaban J connectivity index is 0.00000320. The molecule has 1 aromatic carbocycles. The average Bonchev–Trinajstić information content (AvgIpc) is 3.41. The zero-order valence-electron chi connectivity index (χ0n) is 17.2. The molecule has 3 aromatic rings. The number of guanidine groups is 1. The van der Waals surface area contributed by atoms with Crippen molar-refractivity contribution in [2.45, 2.75) is 45.8 Å². The Bertz CT molecular complexity index is 912. The first-order valence-electron chi connectivity index (χ1n) is 9.89. The van der Waals surface area contributed by atoms with Crippen LogP contribution < -0.4 is 10.6 Å². The van der Waals surface area contributed by atoms with Crippen molar-refractivity contribution in [3.63, 3.8) is 0 Å². The van der Waals surface area contributed by atoms with Crippen LogP contribution in [0.25, 0.3) is 0 Å². The van der Waals surface area contributed by atoms with Gasteiger partial charge in [0.2, 0.25) is 0 Å². The zero-order valence-corrected chi connectivity index (χ0v) is 21.1. The number of nitrogens with zero attached hydrogens (tertiary/aromatic N) is 4. The Morgan fingerprint density at radius 3 is 2.83 bits per heavy atom. The van der Waals surface area contributed by atoms with Gasteiger partial charge < -0.3 is 15.2 Å². The Labute approximate surface area is 204 Å². The maximum absolute atomic E-state index is 6.11. The third kappa shape index (κ3) is 7.24. The van der Waals surface area contributed by atoms with Gasteiger partial charge in [0.1, 0.15) is 12.2 Å². The van der Waals surface area contributed by atoms with Crippen LogP contribution in [-0.4, -0.2) is 27.3 Å². The van der Waals surface area contributed by atoms with Gasteiger partial charge in [-0.15, -0.1) is 45.5 Å². The van der Waals surface area contributed by atoms with Gasteiger partial charge in [0.25, 0.3) is 0 Å². The van der Waals surface area contributed by atoms with Gasteiger partial charge in [-0.3, -0.25) is 0 Å². The van der Waals surface area contributed by atoms with E-state index in [1.807, 2.05) is 24.3 Å². The van der Waals surface area contributed by atoms with Crippen molar-refractivity contribution in [1.29, 1.82) is 0 Å². The SMILES string of the molecule is CCc1nncn1CCNC(=NCc1cccc(Cl)c1)NC(CC)c1cccs1.I. The summed E-state index contributed by atoms with van der Waals surface area (Å²) in [5.41, 5.74) is 1.08. The second-order valence-electron chi connectivity index (χ2n) is 6.64. The summed E-state index contributed by atoms with van der Waals surface area (Å²) in [5.74, 6) is 1.78. The number of halogens is 2. The first-order chi connectivity index (χ1) is 14.2. The van der Waals surface area contributed by atoms with Gasteiger partial charge in [-0.05, 0) is 35.6 Å². The lowest BCUT2D eigenvalue weighted by atomic mass is 10.2. The fourth-order valence-electron chi connectivity index (χ4n) is 3.02. The molecule has 0 radical (unpaired) electrons. The predicted octanol–water partition coefficient (Wildman–Crippen LogP) is 5.06. The topological polar surface area (TPSA) is 67.1 Å². The summed E-state index contributed by atoms with van der Waals surface area (Å²) in [5, 5.41) is 18.0. The Morgan fingerprint density at radius 1 is 1.27 bits per heavy atom. The molecule has 0 amide bonds. The number of aryl methyl sites for hydroxylation is 1. The predicted molar refractivity (Wildman–Crippen MR) is 136 cm³/mol. The number of hydrogen-bond donors (Lipinski definition) is 2. The van der Waals surface area contributed by atoms with Gasteiger partial charge in [-0.25, -0.2) is 4.99 Å². The highest BCUT2D eigenvalue weighted by atomic mass is 127. The van der Waals surface area contributed by atoms with Crippen LogP contribution in [0.3, 0.4) is 0 Å². The zero-order chi connectivity index (χ0) is 20.5. The van der Waals surface area contributed by atoms with Gasteiger partial charge in [-0.2, -0.15) is 0 Å². The minimum atomic E-state index is 0. The van der Waals surface area contributed by atoms with Crippen LogP contribution in [0.1, 0.15) is 42.6 Å². The smallest absolute Gasteiger partial charge is 0.192 e. The summed E-state index contributed by atoms with van der Waals surface area (Å²) < 4.78 is 2.07. The van der Waals surface area contributed by atoms with Crippen LogP contribution >= 0.6 is 46.9 Å². The number of rotatable bonds is 9. The number of hydrogen-bond acceptors (Lipinski definition) is 4. The molecule has 0 fully saturated rings. The van der Waals surface area contributed by atoms with Crippen molar-refractivity contribution >= 4 is 52.9 Å². The minimum absolute atomic E-state index is 0. The molecule has 2 N–H and O–H groups in total. The summed E-state index contributed by atoms with van der Waals surface area (Å²) in [6.45, 7) is 6.33. The lowest BCUT2D eigenvalue weighted by Gasteiger charge is -2.20. The third-order valence-corrected chi connectivity index (χ3v) is 5.79. The molecule has 0 saturated heterocycles. The first-order valence-corrected chi connectivity index (χ1v) is 11.1. The van der Waals surface area contributed by atoms with Crippen molar-refractivity contribution in [1.82, 2.24) is 25.4 Å². The molecular formula is C21H28ClIN6S. The van der Waals surface area contributed by atoms with Crippen molar-refractivity contribution < 1.29 is 0 Å². The van der Waals surface area contributed by atoms with E-state index in [2.05, 4.69) is 56.8 Å². The third-order valence-electron chi connectivity index (χ3n) is 4.57. The second-order valence-corrected chi connectivity index (χ2v) is 8.05. The maximum atomic E-state index is 6.11. The van der Waals surface area contributed by atoms with E-state index in [1.54, 1.807) is 17.7 Å². The molecule has 9 heteroatoms. The monoisotopic (exact) mass is 558 g/mol. The average molecular weight is 559 g/mol. The van der Waals surface area contributed by atoms with E-state index < -0.39 is 0 Å². The number of thiophene rings is 1. The molecular weight excluding hydrogens is 531 g/mol. The molecule has 30 heavy (non-hydrogen) atoms. The molecule has 2 aromatic heterocycles.